The molecule has 2 aromatic heterocycles. The first-order valence-electron chi connectivity index (χ1n) is 10.2. The molecule has 0 amide bonds. The van der Waals surface area contributed by atoms with Gasteiger partial charge in [-0.3, -0.25) is 29.5 Å². The summed E-state index contributed by atoms with van der Waals surface area (Å²) in [5.41, 5.74) is -0.843. The summed E-state index contributed by atoms with van der Waals surface area (Å²) in [5.74, 6) is 1.84. The van der Waals surface area contributed by atoms with Crippen molar-refractivity contribution in [3.63, 3.8) is 0 Å². The molecule has 15 heteroatoms. The van der Waals surface area contributed by atoms with Crippen molar-refractivity contribution in [2.45, 2.75) is 18.7 Å². The molecule has 0 aliphatic carbocycles. The number of nitro groups is 2. The van der Waals surface area contributed by atoms with Crippen LogP contribution in [-0.2, 0) is 10.0 Å². The fraction of sp³-hybridized carbons (Fsp3) is 0.0952. The molecule has 0 spiro atoms. The molecule has 2 aromatic carbocycles. The van der Waals surface area contributed by atoms with Crippen LogP contribution < -0.4 is 10.0 Å². The molecule has 0 fully saturated rings. The van der Waals surface area contributed by atoms with Crippen LogP contribution in [0.25, 0.3) is 5.82 Å². The number of benzene rings is 2. The molecule has 0 saturated heterocycles. The topological polar surface area (TPSA) is 188 Å². The lowest BCUT2D eigenvalue weighted by Crippen LogP contribution is -2.14. The van der Waals surface area contributed by atoms with E-state index in [4.69, 9.17) is 0 Å². The summed E-state index contributed by atoms with van der Waals surface area (Å²) in [7, 11) is -4.36. The van der Waals surface area contributed by atoms with Crippen LogP contribution in [0.3, 0.4) is 0 Å². The summed E-state index contributed by atoms with van der Waals surface area (Å²) in [6.07, 6.45) is 4.80. The molecule has 2 heterocycles. The molecule has 14 nitrogen and oxygen atoms in total. The van der Waals surface area contributed by atoms with Crippen LogP contribution >= 0.6 is 0 Å². The van der Waals surface area contributed by atoms with Gasteiger partial charge in [0.15, 0.2) is 0 Å². The normalized spacial score (nSPS) is 11.2. The molecule has 0 bridgehead atoms. The average Bonchev–Trinajstić information content (AvgIpc) is 3.26. The molecule has 4 aromatic rings. The van der Waals surface area contributed by atoms with E-state index in [2.05, 4.69) is 25.0 Å². The number of anilines is 3. The summed E-state index contributed by atoms with van der Waals surface area (Å²) in [6.45, 7) is 3.02. The van der Waals surface area contributed by atoms with Crippen molar-refractivity contribution in [2.24, 2.45) is 0 Å². The highest BCUT2D eigenvalue weighted by Gasteiger charge is 2.28. The van der Waals surface area contributed by atoms with Crippen molar-refractivity contribution in [3.05, 3.63) is 92.8 Å². The summed E-state index contributed by atoms with van der Waals surface area (Å²) >= 11 is 0. The Morgan fingerprint density at radius 1 is 0.889 bits per heavy atom. The molecule has 0 atom stereocenters. The first-order valence-corrected chi connectivity index (χ1v) is 11.7. The summed E-state index contributed by atoms with van der Waals surface area (Å²) in [4.78, 5) is 32.8. The highest BCUT2D eigenvalue weighted by Crippen LogP contribution is 2.32. The number of aryl methyl sites for hydroxylation is 1. The number of nitrogens with zero attached hydrogens (tertiary/aromatic N) is 6. The van der Waals surface area contributed by atoms with Crippen LogP contribution in [-0.4, -0.2) is 37.8 Å². The molecule has 0 unspecified atom stereocenters. The number of nitrogens with one attached hydrogen (secondary N) is 2. The lowest BCUT2D eigenvalue weighted by molar-refractivity contribution is -0.395. The fourth-order valence-electron chi connectivity index (χ4n) is 3.34. The summed E-state index contributed by atoms with van der Waals surface area (Å²) < 4.78 is 29.7. The maximum Gasteiger partial charge on any atom is 0.280 e. The van der Waals surface area contributed by atoms with Crippen molar-refractivity contribution in [3.8, 4) is 5.82 Å². The predicted octanol–water partition coefficient (Wildman–Crippen LogP) is 3.64. The van der Waals surface area contributed by atoms with E-state index in [9.17, 15) is 28.6 Å². The number of nitro benzene ring substituents is 2. The first-order chi connectivity index (χ1) is 17.0. The Morgan fingerprint density at radius 2 is 1.50 bits per heavy atom. The van der Waals surface area contributed by atoms with E-state index in [-0.39, 0.29) is 11.3 Å². The smallest absolute Gasteiger partial charge is 0.280 e. The van der Waals surface area contributed by atoms with Gasteiger partial charge in [-0.15, -0.1) is 0 Å². The molecule has 36 heavy (non-hydrogen) atoms. The molecule has 0 radical (unpaired) electrons. The van der Waals surface area contributed by atoms with Gasteiger partial charge in [-0.25, -0.2) is 23.4 Å². The third-order valence-electron chi connectivity index (χ3n) is 5.16. The van der Waals surface area contributed by atoms with Crippen LogP contribution in [0.15, 0.2) is 66.1 Å². The summed E-state index contributed by atoms with van der Waals surface area (Å²) in [5, 5.41) is 25.6. The first kappa shape index (κ1) is 24.2. The average molecular weight is 510 g/mol. The van der Waals surface area contributed by atoms with Crippen molar-refractivity contribution in [2.75, 3.05) is 10.0 Å². The van der Waals surface area contributed by atoms with E-state index >= 15 is 0 Å². The third kappa shape index (κ3) is 4.95. The maximum absolute atomic E-state index is 12.8. The zero-order chi connectivity index (χ0) is 26.0. The van der Waals surface area contributed by atoms with Gasteiger partial charge in [-0.05, 0) is 38.1 Å². The molecule has 2 N–H and O–H groups in total. The number of hydrogen-bond donors (Lipinski definition) is 2. The number of rotatable bonds is 8. The molecule has 0 saturated carbocycles. The minimum atomic E-state index is -4.36. The highest BCUT2D eigenvalue weighted by atomic mass is 32.2. The third-order valence-corrected chi connectivity index (χ3v) is 6.53. The van der Waals surface area contributed by atoms with Gasteiger partial charge in [-0.1, -0.05) is 0 Å². The number of sulfonamides is 1. The van der Waals surface area contributed by atoms with Crippen LogP contribution in [0.2, 0.25) is 0 Å². The van der Waals surface area contributed by atoms with E-state index < -0.39 is 36.1 Å². The molecular formula is C21H18N8O6S. The van der Waals surface area contributed by atoms with Crippen molar-refractivity contribution in [1.29, 1.82) is 0 Å². The minimum absolute atomic E-state index is 0.142. The Balaban J connectivity index is 1.55. The van der Waals surface area contributed by atoms with Gasteiger partial charge in [0, 0.05) is 42.0 Å². The zero-order valence-corrected chi connectivity index (χ0v) is 19.6. The highest BCUT2D eigenvalue weighted by molar-refractivity contribution is 7.92. The lowest BCUT2D eigenvalue weighted by atomic mass is 10.1. The molecule has 0 aliphatic rings. The van der Waals surface area contributed by atoms with E-state index in [0.29, 0.717) is 17.3 Å². The Labute approximate surface area is 204 Å². The molecule has 184 valence electrons. The van der Waals surface area contributed by atoms with Gasteiger partial charge < -0.3 is 5.32 Å². The SMILES string of the molecule is Cc1c([N+](=O)[O-])cc(S(=O)(=O)Nc2ccc(Nc3cc(-n4ccnc4C)ncn3)cc2)cc1[N+](=O)[O-]. The largest absolute Gasteiger partial charge is 0.340 e. The Morgan fingerprint density at radius 3 is 2.06 bits per heavy atom. The van der Waals surface area contributed by atoms with Gasteiger partial charge in [-0.2, -0.15) is 0 Å². The monoisotopic (exact) mass is 510 g/mol. The second kappa shape index (κ2) is 9.38. The fourth-order valence-corrected chi connectivity index (χ4v) is 4.44. The van der Waals surface area contributed by atoms with Crippen LogP contribution in [0.5, 0.6) is 0 Å². The van der Waals surface area contributed by atoms with Crippen molar-refractivity contribution < 1.29 is 18.3 Å². The van der Waals surface area contributed by atoms with E-state index in [1.165, 1.54) is 25.4 Å². The van der Waals surface area contributed by atoms with Gasteiger partial charge in [0.2, 0.25) is 0 Å². The van der Waals surface area contributed by atoms with Crippen molar-refractivity contribution >= 4 is 38.6 Å². The van der Waals surface area contributed by atoms with Crippen molar-refractivity contribution in [1.82, 2.24) is 19.5 Å². The van der Waals surface area contributed by atoms with E-state index in [1.54, 1.807) is 35.2 Å². The number of aromatic nitrogens is 4. The minimum Gasteiger partial charge on any atom is -0.340 e. The zero-order valence-electron chi connectivity index (χ0n) is 18.8. The summed E-state index contributed by atoms with van der Waals surface area (Å²) in [6, 6.07) is 9.37. The molecular weight excluding hydrogens is 492 g/mol. The Hall–Kier alpha value is -4.92. The van der Waals surface area contributed by atoms with Gasteiger partial charge in [0.05, 0.1) is 9.85 Å². The van der Waals surface area contributed by atoms with E-state index in [0.717, 1.165) is 18.0 Å². The van der Waals surface area contributed by atoms with Gasteiger partial charge >= 0.3 is 0 Å². The standard InChI is InChI=1S/C21H18N8O6S/c1-13-18(28(30)31)9-17(10-19(13)29(32)33)36(34,35)26-16-5-3-15(4-6-16)25-20-11-21(24-12-23-20)27-8-7-22-14(27)2/h3-12,26H,1-2H3,(H,23,24,25). The molecule has 0 aliphatic heterocycles. The number of imidazole rings is 1. The Bertz CT molecular complexity index is 1550. The lowest BCUT2D eigenvalue weighted by Gasteiger charge is -2.11. The van der Waals surface area contributed by atoms with Crippen LogP contribution in [0, 0.1) is 34.1 Å². The number of hydrogen-bond acceptors (Lipinski definition) is 10. The van der Waals surface area contributed by atoms with Gasteiger partial charge in [0.25, 0.3) is 21.4 Å². The molecule has 4 rings (SSSR count). The van der Waals surface area contributed by atoms with Crippen LogP contribution in [0.1, 0.15) is 11.4 Å². The quantitative estimate of drug-likeness (QED) is 0.261. The Kier molecular flexibility index (Phi) is 6.31. The predicted molar refractivity (Wildman–Crippen MR) is 129 cm³/mol. The second-order valence-electron chi connectivity index (χ2n) is 7.51. The van der Waals surface area contributed by atoms with Crippen LogP contribution in [0.4, 0.5) is 28.6 Å². The maximum atomic E-state index is 12.8. The van der Waals surface area contributed by atoms with Gasteiger partial charge in [0.1, 0.15) is 34.2 Å². The van der Waals surface area contributed by atoms with E-state index in [1.807, 2.05) is 6.92 Å². The second-order valence-corrected chi connectivity index (χ2v) is 9.20.